The first-order valence-electron chi connectivity index (χ1n) is 3.78. The minimum absolute atomic E-state index is 0.00349. The Morgan fingerprint density at radius 3 is 2.58 bits per heavy atom. The lowest BCUT2D eigenvalue weighted by molar-refractivity contribution is 0.0316. The summed E-state index contributed by atoms with van der Waals surface area (Å²) in [6, 6.07) is 0.00349. The second-order valence-electron chi connectivity index (χ2n) is 2.73. The van der Waals surface area contributed by atoms with E-state index in [1.807, 2.05) is 0 Å². The van der Waals surface area contributed by atoms with E-state index in [0.717, 1.165) is 0 Å². The molecule has 0 rings (SSSR count). The van der Waals surface area contributed by atoms with Gasteiger partial charge in [0.15, 0.2) is 0 Å². The van der Waals surface area contributed by atoms with E-state index in [2.05, 4.69) is 10.1 Å². The zero-order valence-corrected chi connectivity index (χ0v) is 7.28. The minimum atomic E-state index is -0.997. The van der Waals surface area contributed by atoms with Gasteiger partial charge in [0.05, 0.1) is 6.61 Å². The van der Waals surface area contributed by atoms with Crippen LogP contribution in [0.5, 0.6) is 0 Å². The molecule has 0 fully saturated rings. The van der Waals surface area contributed by atoms with Crippen molar-refractivity contribution in [3.8, 4) is 0 Å². The molecule has 5 nitrogen and oxygen atoms in total. The molecule has 0 aromatic carbocycles. The highest BCUT2D eigenvalue weighted by Crippen LogP contribution is 1.86. The maximum atomic E-state index is 10.7. The smallest absolute Gasteiger partial charge is 0.407 e. The summed E-state index contributed by atoms with van der Waals surface area (Å²) in [4.78, 5) is 10.7. The lowest BCUT2D eigenvalue weighted by Crippen LogP contribution is -2.33. The third-order valence-electron chi connectivity index (χ3n) is 1.02. The average molecular weight is 177 g/mol. The van der Waals surface area contributed by atoms with Crippen LogP contribution in [0.2, 0.25) is 0 Å². The summed E-state index contributed by atoms with van der Waals surface area (Å²) in [6.07, 6.45) is -1.58. The van der Waals surface area contributed by atoms with E-state index in [1.54, 1.807) is 13.8 Å². The van der Waals surface area contributed by atoms with Crippen LogP contribution in [0.25, 0.3) is 0 Å². The summed E-state index contributed by atoms with van der Waals surface area (Å²) in [5, 5.41) is 19.6. The molecule has 0 aliphatic rings. The van der Waals surface area contributed by atoms with Gasteiger partial charge in [-0.05, 0) is 13.8 Å². The molecule has 0 heterocycles. The molecule has 0 spiro atoms. The Bertz CT molecular complexity index is 137. The van der Waals surface area contributed by atoms with Gasteiger partial charge in [-0.25, -0.2) is 4.79 Å². The van der Waals surface area contributed by atoms with E-state index in [-0.39, 0.29) is 12.6 Å². The zero-order chi connectivity index (χ0) is 9.56. The van der Waals surface area contributed by atoms with Crippen molar-refractivity contribution in [3.05, 3.63) is 0 Å². The molecule has 1 amide bonds. The standard InChI is InChI=1S/C7H15NO4/c1-5(2)8-7(11)12-4-6(10)3-9/h5-6,9-10H,3-4H2,1-2H3,(H,8,11). The van der Waals surface area contributed by atoms with Crippen molar-refractivity contribution < 1.29 is 19.7 Å². The second-order valence-corrected chi connectivity index (χ2v) is 2.73. The zero-order valence-electron chi connectivity index (χ0n) is 7.28. The Kier molecular flexibility index (Phi) is 5.40. The number of aliphatic hydroxyl groups is 2. The number of amides is 1. The van der Waals surface area contributed by atoms with Gasteiger partial charge in [-0.15, -0.1) is 0 Å². The molecule has 5 heteroatoms. The highest BCUT2D eigenvalue weighted by molar-refractivity contribution is 5.67. The lowest BCUT2D eigenvalue weighted by Gasteiger charge is -2.11. The number of nitrogens with one attached hydrogen (secondary N) is 1. The lowest BCUT2D eigenvalue weighted by atomic mass is 10.4. The highest BCUT2D eigenvalue weighted by atomic mass is 16.6. The van der Waals surface area contributed by atoms with Gasteiger partial charge in [-0.3, -0.25) is 0 Å². The normalized spacial score (nSPS) is 12.8. The number of hydrogen-bond donors (Lipinski definition) is 3. The number of carbonyl (C=O) groups excluding carboxylic acids is 1. The molecule has 0 saturated heterocycles. The monoisotopic (exact) mass is 177 g/mol. The number of alkyl carbamates (subject to hydrolysis) is 1. The van der Waals surface area contributed by atoms with Crippen LogP contribution in [-0.2, 0) is 4.74 Å². The molecule has 72 valence electrons. The van der Waals surface area contributed by atoms with Crippen LogP contribution in [0.15, 0.2) is 0 Å². The fraction of sp³-hybridized carbons (Fsp3) is 0.857. The van der Waals surface area contributed by atoms with Crippen LogP contribution in [-0.4, -0.2) is 41.7 Å². The second kappa shape index (κ2) is 5.79. The van der Waals surface area contributed by atoms with E-state index in [1.165, 1.54) is 0 Å². The van der Waals surface area contributed by atoms with Crippen LogP contribution >= 0.6 is 0 Å². The Labute approximate surface area is 71.3 Å². The van der Waals surface area contributed by atoms with Gasteiger partial charge < -0.3 is 20.3 Å². The van der Waals surface area contributed by atoms with E-state index < -0.39 is 18.8 Å². The van der Waals surface area contributed by atoms with Gasteiger partial charge in [0.25, 0.3) is 0 Å². The van der Waals surface area contributed by atoms with E-state index in [9.17, 15) is 4.79 Å². The highest BCUT2D eigenvalue weighted by Gasteiger charge is 2.07. The van der Waals surface area contributed by atoms with Crippen LogP contribution in [0.4, 0.5) is 4.79 Å². The molecule has 0 aliphatic heterocycles. The molecule has 0 aromatic heterocycles. The summed E-state index contributed by atoms with van der Waals surface area (Å²) in [6.45, 7) is 3.00. The predicted molar refractivity (Wildman–Crippen MR) is 42.7 cm³/mol. The summed E-state index contributed by atoms with van der Waals surface area (Å²) in [5.41, 5.74) is 0. The third kappa shape index (κ3) is 5.94. The molecule has 0 aromatic rings. The average Bonchev–Trinajstić information content (AvgIpc) is 1.99. The van der Waals surface area contributed by atoms with Crippen molar-refractivity contribution in [3.63, 3.8) is 0 Å². The molecule has 0 saturated carbocycles. The van der Waals surface area contributed by atoms with Gasteiger partial charge in [-0.1, -0.05) is 0 Å². The summed E-state index contributed by atoms with van der Waals surface area (Å²) in [5.74, 6) is 0. The molecule has 0 aliphatic carbocycles. The Hall–Kier alpha value is -0.810. The number of hydrogen-bond acceptors (Lipinski definition) is 4. The maximum absolute atomic E-state index is 10.7. The molecular formula is C7H15NO4. The van der Waals surface area contributed by atoms with Crippen LogP contribution in [0, 0.1) is 0 Å². The van der Waals surface area contributed by atoms with E-state index in [4.69, 9.17) is 10.2 Å². The quantitative estimate of drug-likeness (QED) is 0.539. The first-order chi connectivity index (χ1) is 5.56. The third-order valence-corrected chi connectivity index (χ3v) is 1.02. The number of carbonyl (C=O) groups is 1. The Morgan fingerprint density at radius 1 is 1.58 bits per heavy atom. The number of aliphatic hydroxyl groups excluding tert-OH is 2. The fourth-order valence-corrected chi connectivity index (χ4v) is 0.502. The Morgan fingerprint density at radius 2 is 2.17 bits per heavy atom. The van der Waals surface area contributed by atoms with Crippen LogP contribution < -0.4 is 5.32 Å². The van der Waals surface area contributed by atoms with Gasteiger partial charge in [0, 0.05) is 6.04 Å². The first-order valence-corrected chi connectivity index (χ1v) is 3.78. The van der Waals surface area contributed by atoms with Crippen molar-refractivity contribution in [1.82, 2.24) is 5.32 Å². The molecule has 1 atom stereocenters. The van der Waals surface area contributed by atoms with Gasteiger partial charge in [0.1, 0.15) is 12.7 Å². The van der Waals surface area contributed by atoms with Crippen molar-refractivity contribution in [2.24, 2.45) is 0 Å². The van der Waals surface area contributed by atoms with Gasteiger partial charge >= 0.3 is 6.09 Å². The van der Waals surface area contributed by atoms with E-state index >= 15 is 0 Å². The summed E-state index contributed by atoms with van der Waals surface area (Å²) in [7, 11) is 0. The Balaban J connectivity index is 3.44. The molecule has 0 bridgehead atoms. The maximum Gasteiger partial charge on any atom is 0.407 e. The summed E-state index contributed by atoms with van der Waals surface area (Å²) >= 11 is 0. The van der Waals surface area contributed by atoms with Crippen molar-refractivity contribution >= 4 is 6.09 Å². The van der Waals surface area contributed by atoms with Crippen LogP contribution in [0.3, 0.4) is 0 Å². The number of ether oxygens (including phenoxy) is 1. The minimum Gasteiger partial charge on any atom is -0.447 e. The van der Waals surface area contributed by atoms with Crippen LogP contribution in [0.1, 0.15) is 13.8 Å². The van der Waals surface area contributed by atoms with Gasteiger partial charge in [0.2, 0.25) is 0 Å². The SMILES string of the molecule is CC(C)NC(=O)OCC(O)CO. The molecule has 0 radical (unpaired) electrons. The molecule has 12 heavy (non-hydrogen) atoms. The first kappa shape index (κ1) is 11.2. The van der Waals surface area contributed by atoms with Crippen molar-refractivity contribution in [1.29, 1.82) is 0 Å². The van der Waals surface area contributed by atoms with Crippen molar-refractivity contribution in [2.45, 2.75) is 26.0 Å². The van der Waals surface area contributed by atoms with Gasteiger partial charge in [-0.2, -0.15) is 0 Å². The molecule has 3 N–H and O–H groups in total. The number of rotatable bonds is 4. The largest absolute Gasteiger partial charge is 0.447 e. The molecular weight excluding hydrogens is 162 g/mol. The molecule has 1 unspecified atom stereocenters. The van der Waals surface area contributed by atoms with E-state index in [0.29, 0.717) is 0 Å². The predicted octanol–water partition coefficient (Wildman–Crippen LogP) is -0.526. The summed E-state index contributed by atoms with van der Waals surface area (Å²) < 4.78 is 4.55. The topological polar surface area (TPSA) is 78.8 Å². The van der Waals surface area contributed by atoms with Crippen molar-refractivity contribution in [2.75, 3.05) is 13.2 Å². The fourth-order valence-electron chi connectivity index (χ4n) is 0.502.